The highest BCUT2D eigenvalue weighted by Gasteiger charge is 2.29. The molecule has 1 aromatic carbocycles. The van der Waals surface area contributed by atoms with Gasteiger partial charge in [0.1, 0.15) is 5.82 Å². The van der Waals surface area contributed by atoms with Crippen LogP contribution < -0.4 is 9.62 Å². The molecule has 0 radical (unpaired) electrons. The molecule has 0 amide bonds. The van der Waals surface area contributed by atoms with E-state index in [9.17, 15) is 12.8 Å². The first-order chi connectivity index (χ1) is 10.5. The summed E-state index contributed by atoms with van der Waals surface area (Å²) in [5.41, 5.74) is 0.405. The lowest BCUT2D eigenvalue weighted by atomic mass is 10.2. The Morgan fingerprint density at radius 1 is 1.45 bits per heavy atom. The topological polar surface area (TPSA) is 62.3 Å². The fourth-order valence-electron chi connectivity index (χ4n) is 2.60. The van der Waals surface area contributed by atoms with E-state index in [0.717, 1.165) is 24.2 Å². The highest BCUT2D eigenvalue weighted by atomic mass is 32.2. The van der Waals surface area contributed by atoms with Crippen molar-refractivity contribution in [2.24, 2.45) is 0 Å². The number of anilines is 1. The van der Waals surface area contributed by atoms with E-state index in [1.165, 1.54) is 23.5 Å². The Balaban J connectivity index is 1.73. The van der Waals surface area contributed by atoms with E-state index < -0.39 is 15.8 Å². The summed E-state index contributed by atoms with van der Waals surface area (Å²) in [7, 11) is -3.64. The molecule has 1 aliphatic heterocycles. The van der Waals surface area contributed by atoms with Gasteiger partial charge in [-0.15, -0.1) is 11.3 Å². The zero-order valence-corrected chi connectivity index (χ0v) is 13.6. The maximum atomic E-state index is 13.1. The molecule has 0 bridgehead atoms. The van der Waals surface area contributed by atoms with E-state index in [-0.39, 0.29) is 10.9 Å². The second-order valence-corrected chi connectivity index (χ2v) is 7.83. The first-order valence-electron chi connectivity index (χ1n) is 6.88. The quantitative estimate of drug-likeness (QED) is 0.926. The van der Waals surface area contributed by atoms with Gasteiger partial charge in [0.15, 0.2) is 5.13 Å². The second kappa shape index (κ2) is 5.94. The zero-order valence-electron chi connectivity index (χ0n) is 12.0. The Hall–Kier alpha value is -1.51. The molecule has 0 aliphatic carbocycles. The maximum Gasteiger partial charge on any atom is 0.241 e. The average molecular weight is 341 g/mol. The third-order valence-corrected chi connectivity index (χ3v) is 6.14. The van der Waals surface area contributed by atoms with Gasteiger partial charge in [0.25, 0.3) is 0 Å². The van der Waals surface area contributed by atoms with Crippen molar-refractivity contribution in [3.05, 3.63) is 41.2 Å². The van der Waals surface area contributed by atoms with Gasteiger partial charge in [0.05, 0.1) is 4.90 Å². The molecule has 1 fully saturated rings. The monoisotopic (exact) mass is 341 g/mol. The van der Waals surface area contributed by atoms with Gasteiger partial charge in [0, 0.05) is 30.7 Å². The molecule has 0 unspecified atom stereocenters. The van der Waals surface area contributed by atoms with Crippen LogP contribution in [0.25, 0.3) is 0 Å². The third kappa shape index (κ3) is 3.13. The summed E-state index contributed by atoms with van der Waals surface area (Å²) in [6.07, 6.45) is 2.46. The van der Waals surface area contributed by atoms with Crippen molar-refractivity contribution in [1.29, 1.82) is 0 Å². The summed E-state index contributed by atoms with van der Waals surface area (Å²) in [6.45, 7) is 2.95. The minimum atomic E-state index is -3.64. The van der Waals surface area contributed by atoms with Crippen LogP contribution in [0.15, 0.2) is 34.7 Å². The molecule has 2 aromatic rings. The summed E-state index contributed by atoms with van der Waals surface area (Å²) in [6, 6.07) is 3.53. The van der Waals surface area contributed by atoms with Gasteiger partial charge in [0.2, 0.25) is 10.0 Å². The second-order valence-electron chi connectivity index (χ2n) is 5.28. The Bertz CT molecular complexity index is 762. The van der Waals surface area contributed by atoms with Gasteiger partial charge in [-0.25, -0.2) is 22.5 Å². The standard InChI is InChI=1S/C14H16FN3O2S2/c1-10-8-11(15)2-3-13(10)22(19,20)17-12-4-6-18(9-12)14-16-5-7-21-14/h2-3,5,7-8,12,17H,4,6,9H2,1H3/t12-/m0/s1. The zero-order chi connectivity index (χ0) is 15.7. The lowest BCUT2D eigenvalue weighted by molar-refractivity contribution is 0.560. The summed E-state index contributed by atoms with van der Waals surface area (Å²) < 4.78 is 40.7. The fraction of sp³-hybridized carbons (Fsp3) is 0.357. The first kappa shape index (κ1) is 15.4. The van der Waals surface area contributed by atoms with Crippen molar-refractivity contribution < 1.29 is 12.8 Å². The highest BCUT2D eigenvalue weighted by molar-refractivity contribution is 7.89. The largest absolute Gasteiger partial charge is 0.346 e. The van der Waals surface area contributed by atoms with Crippen molar-refractivity contribution in [3.8, 4) is 0 Å². The average Bonchev–Trinajstić information content (AvgIpc) is 3.07. The van der Waals surface area contributed by atoms with Crippen LogP contribution >= 0.6 is 11.3 Å². The number of nitrogens with zero attached hydrogens (tertiary/aromatic N) is 2. The van der Waals surface area contributed by atoms with Crippen LogP contribution in [0.1, 0.15) is 12.0 Å². The minimum absolute atomic E-state index is 0.126. The van der Waals surface area contributed by atoms with E-state index in [4.69, 9.17) is 0 Å². The molecule has 0 spiro atoms. The Morgan fingerprint density at radius 3 is 2.95 bits per heavy atom. The van der Waals surface area contributed by atoms with Crippen molar-refractivity contribution in [2.45, 2.75) is 24.3 Å². The van der Waals surface area contributed by atoms with Crippen LogP contribution in [-0.4, -0.2) is 32.5 Å². The number of halogens is 1. The smallest absolute Gasteiger partial charge is 0.241 e. The number of aromatic nitrogens is 1. The first-order valence-corrected chi connectivity index (χ1v) is 9.25. The van der Waals surface area contributed by atoms with Crippen LogP contribution in [-0.2, 0) is 10.0 Å². The van der Waals surface area contributed by atoms with E-state index in [0.29, 0.717) is 12.1 Å². The lowest BCUT2D eigenvalue weighted by Gasteiger charge is -2.16. The number of rotatable bonds is 4. The van der Waals surface area contributed by atoms with Gasteiger partial charge < -0.3 is 4.90 Å². The van der Waals surface area contributed by atoms with E-state index in [1.54, 1.807) is 13.1 Å². The summed E-state index contributed by atoms with van der Waals surface area (Å²) in [4.78, 5) is 6.43. The summed E-state index contributed by atoms with van der Waals surface area (Å²) in [5.74, 6) is -0.438. The van der Waals surface area contributed by atoms with Crippen molar-refractivity contribution in [2.75, 3.05) is 18.0 Å². The molecule has 1 N–H and O–H groups in total. The molecule has 2 heterocycles. The molecule has 1 aromatic heterocycles. The molecule has 1 atom stereocenters. The van der Waals surface area contributed by atoms with E-state index in [1.807, 2.05) is 5.38 Å². The van der Waals surface area contributed by atoms with Crippen molar-refractivity contribution >= 4 is 26.5 Å². The molecule has 8 heteroatoms. The molecule has 1 saturated heterocycles. The Kier molecular flexibility index (Phi) is 4.16. The molecule has 1 aliphatic rings. The third-order valence-electron chi connectivity index (χ3n) is 3.63. The fourth-order valence-corrected chi connectivity index (χ4v) is 4.77. The molecule has 5 nitrogen and oxygen atoms in total. The van der Waals surface area contributed by atoms with Crippen molar-refractivity contribution in [1.82, 2.24) is 9.71 Å². The minimum Gasteiger partial charge on any atom is -0.346 e. The molecular formula is C14H16FN3O2S2. The molecule has 118 valence electrons. The Labute approximate surface area is 132 Å². The van der Waals surface area contributed by atoms with Crippen LogP contribution in [0, 0.1) is 12.7 Å². The van der Waals surface area contributed by atoms with Gasteiger partial charge in [-0.1, -0.05) is 0 Å². The number of hydrogen-bond acceptors (Lipinski definition) is 5. The molecule has 3 rings (SSSR count). The number of benzene rings is 1. The number of aryl methyl sites for hydroxylation is 1. The Morgan fingerprint density at radius 2 is 2.27 bits per heavy atom. The maximum absolute atomic E-state index is 13.1. The van der Waals surface area contributed by atoms with Crippen LogP contribution in [0.3, 0.4) is 0 Å². The van der Waals surface area contributed by atoms with Crippen LogP contribution in [0.4, 0.5) is 9.52 Å². The number of sulfonamides is 1. The van der Waals surface area contributed by atoms with Gasteiger partial charge in [-0.2, -0.15) is 0 Å². The predicted molar refractivity (Wildman–Crippen MR) is 84.2 cm³/mol. The molecular weight excluding hydrogens is 325 g/mol. The van der Waals surface area contributed by atoms with E-state index in [2.05, 4.69) is 14.6 Å². The summed E-state index contributed by atoms with van der Waals surface area (Å²) in [5, 5.41) is 2.80. The predicted octanol–water partition coefficient (Wildman–Crippen LogP) is 2.15. The SMILES string of the molecule is Cc1cc(F)ccc1S(=O)(=O)N[C@H]1CCN(c2nccs2)C1. The highest BCUT2D eigenvalue weighted by Crippen LogP contribution is 2.24. The molecule has 0 saturated carbocycles. The van der Waals surface area contributed by atoms with Gasteiger partial charge in [-0.3, -0.25) is 0 Å². The number of hydrogen-bond donors (Lipinski definition) is 1. The summed E-state index contributed by atoms with van der Waals surface area (Å²) >= 11 is 1.54. The molecule has 22 heavy (non-hydrogen) atoms. The normalized spacial score (nSPS) is 18.8. The number of nitrogens with one attached hydrogen (secondary N) is 1. The van der Waals surface area contributed by atoms with Gasteiger partial charge in [-0.05, 0) is 37.1 Å². The van der Waals surface area contributed by atoms with E-state index >= 15 is 0 Å². The van der Waals surface area contributed by atoms with Crippen molar-refractivity contribution in [3.63, 3.8) is 0 Å². The van der Waals surface area contributed by atoms with Gasteiger partial charge >= 0.3 is 0 Å². The van der Waals surface area contributed by atoms with Crippen LogP contribution in [0.5, 0.6) is 0 Å². The lowest BCUT2D eigenvalue weighted by Crippen LogP contribution is -2.37. The van der Waals surface area contributed by atoms with Crippen LogP contribution in [0.2, 0.25) is 0 Å². The number of thiazole rings is 1.